The van der Waals surface area contributed by atoms with E-state index >= 15 is 0 Å². The predicted octanol–water partition coefficient (Wildman–Crippen LogP) is 3.62. The van der Waals surface area contributed by atoms with E-state index < -0.39 is 0 Å². The van der Waals surface area contributed by atoms with Crippen molar-refractivity contribution in [2.24, 2.45) is 0 Å². The number of methoxy groups -OCH3 is 1. The van der Waals surface area contributed by atoms with Crippen molar-refractivity contribution in [3.8, 4) is 11.5 Å². The van der Waals surface area contributed by atoms with Gasteiger partial charge in [0.2, 0.25) is 0 Å². The largest absolute Gasteiger partial charge is 0.507 e. The fourth-order valence-corrected chi connectivity index (χ4v) is 3.59. The van der Waals surface area contributed by atoms with Crippen LogP contribution >= 0.6 is 0 Å². The van der Waals surface area contributed by atoms with Gasteiger partial charge < -0.3 is 15.2 Å². The molecule has 2 N–H and O–H groups in total. The molecule has 0 amide bonds. The Kier molecular flexibility index (Phi) is 7.01. The van der Waals surface area contributed by atoms with Crippen molar-refractivity contribution in [3.63, 3.8) is 0 Å². The molecule has 0 bridgehead atoms. The second kappa shape index (κ2) is 9.67. The normalized spacial score (nSPS) is 17.6. The van der Waals surface area contributed by atoms with E-state index in [2.05, 4.69) is 17.1 Å². The maximum Gasteiger partial charge on any atom is 0.189 e. The van der Waals surface area contributed by atoms with Crippen molar-refractivity contribution in [2.75, 3.05) is 26.7 Å². The van der Waals surface area contributed by atoms with Crippen molar-refractivity contribution in [2.45, 2.75) is 25.9 Å². The molecule has 29 heavy (non-hydrogen) atoms. The number of piperazine rings is 1. The molecule has 154 valence electrons. The first-order chi connectivity index (χ1) is 14.0. The predicted molar refractivity (Wildman–Crippen MR) is 112 cm³/mol. The zero-order valence-corrected chi connectivity index (χ0v) is 16.8. The van der Waals surface area contributed by atoms with Crippen LogP contribution in [0.15, 0.2) is 42.5 Å². The first-order valence-electron chi connectivity index (χ1n) is 9.84. The summed E-state index contributed by atoms with van der Waals surface area (Å²) in [6, 6.07) is 9.48. The highest BCUT2D eigenvalue weighted by atomic mass is 19.1. The average Bonchev–Trinajstić information content (AvgIpc) is 2.74. The number of nitrogens with one attached hydrogen (secondary N) is 1. The molecule has 1 unspecified atom stereocenters. The van der Waals surface area contributed by atoms with Gasteiger partial charge >= 0.3 is 0 Å². The summed E-state index contributed by atoms with van der Waals surface area (Å²) in [5, 5.41) is 13.8. The van der Waals surface area contributed by atoms with Gasteiger partial charge in [-0.25, -0.2) is 4.39 Å². The third kappa shape index (κ3) is 5.22. The minimum atomic E-state index is -0.329. The highest BCUT2D eigenvalue weighted by Crippen LogP contribution is 2.30. The van der Waals surface area contributed by atoms with E-state index in [0.29, 0.717) is 23.9 Å². The molecule has 2 aromatic carbocycles. The lowest BCUT2D eigenvalue weighted by Gasteiger charge is -2.36. The summed E-state index contributed by atoms with van der Waals surface area (Å²) in [4.78, 5) is 15.1. The fraction of sp³-hybridized carbons (Fsp3) is 0.348. The minimum Gasteiger partial charge on any atom is -0.507 e. The number of carbonyl (C=O) groups excluding carboxylic acids is 1. The summed E-state index contributed by atoms with van der Waals surface area (Å²) in [7, 11) is 1.56. The number of ether oxygens (including phenoxy) is 1. The van der Waals surface area contributed by atoms with Crippen molar-refractivity contribution in [3.05, 3.63) is 65.0 Å². The number of phenols is 1. The number of hydrogen-bond acceptors (Lipinski definition) is 5. The molecular formula is C23H27FN2O3. The van der Waals surface area contributed by atoms with Gasteiger partial charge in [-0.05, 0) is 36.3 Å². The van der Waals surface area contributed by atoms with Crippen LogP contribution in [0.25, 0.3) is 6.08 Å². The second-order valence-electron chi connectivity index (χ2n) is 7.17. The first kappa shape index (κ1) is 21.0. The SMILES string of the molecule is CCC1CNCCN1Cc1cc(C(=O)/C=C/c2ccc(F)cc2)c(O)cc1OC. The van der Waals surface area contributed by atoms with Crippen molar-refractivity contribution in [1.29, 1.82) is 0 Å². The van der Waals surface area contributed by atoms with Gasteiger partial charge in [-0.1, -0.05) is 25.1 Å². The van der Waals surface area contributed by atoms with Crippen LogP contribution in [-0.4, -0.2) is 48.6 Å². The summed E-state index contributed by atoms with van der Waals surface area (Å²) in [5.41, 5.74) is 1.80. The Bertz CT molecular complexity index is 880. The Morgan fingerprint density at radius 3 is 2.79 bits per heavy atom. The van der Waals surface area contributed by atoms with E-state index in [0.717, 1.165) is 31.6 Å². The molecule has 0 radical (unpaired) electrons. The highest BCUT2D eigenvalue weighted by Gasteiger charge is 2.23. The third-order valence-corrected chi connectivity index (χ3v) is 5.28. The van der Waals surface area contributed by atoms with Gasteiger partial charge in [0.25, 0.3) is 0 Å². The van der Waals surface area contributed by atoms with E-state index in [1.165, 1.54) is 24.3 Å². The van der Waals surface area contributed by atoms with Crippen molar-refractivity contribution in [1.82, 2.24) is 10.2 Å². The molecule has 0 saturated carbocycles. The molecule has 1 aliphatic rings. The molecular weight excluding hydrogens is 371 g/mol. The molecule has 1 atom stereocenters. The number of nitrogens with zero attached hydrogens (tertiary/aromatic N) is 1. The molecule has 1 saturated heterocycles. The van der Waals surface area contributed by atoms with E-state index in [9.17, 15) is 14.3 Å². The topological polar surface area (TPSA) is 61.8 Å². The number of phenolic OH excluding ortho intramolecular Hbond substituents is 1. The molecule has 5 nitrogen and oxygen atoms in total. The Balaban J connectivity index is 1.84. The van der Waals surface area contributed by atoms with Gasteiger partial charge in [0.1, 0.15) is 17.3 Å². The average molecular weight is 398 g/mol. The summed E-state index contributed by atoms with van der Waals surface area (Å²) in [5.74, 6) is -0.200. The zero-order valence-electron chi connectivity index (χ0n) is 16.8. The molecule has 3 rings (SSSR count). The molecule has 0 aromatic heterocycles. The number of benzene rings is 2. The standard InChI is InChI=1S/C23H27FN2O3/c1-3-19-14-25-10-11-26(19)15-17-12-20(22(28)13-23(17)29-2)21(27)9-6-16-4-7-18(24)8-5-16/h4-9,12-13,19,25,28H,3,10-11,14-15H2,1-2H3/b9-6+. The summed E-state index contributed by atoms with van der Waals surface area (Å²) in [6.07, 6.45) is 4.02. The third-order valence-electron chi connectivity index (χ3n) is 5.28. The maximum atomic E-state index is 13.0. The first-order valence-corrected chi connectivity index (χ1v) is 9.84. The van der Waals surface area contributed by atoms with Crippen LogP contribution < -0.4 is 10.1 Å². The summed E-state index contributed by atoms with van der Waals surface area (Å²) < 4.78 is 18.5. The number of rotatable bonds is 7. The van der Waals surface area contributed by atoms with Crippen LogP contribution in [0.4, 0.5) is 4.39 Å². The van der Waals surface area contributed by atoms with Crippen LogP contribution in [0, 0.1) is 5.82 Å². The number of ketones is 1. The van der Waals surface area contributed by atoms with Gasteiger partial charge in [-0.3, -0.25) is 9.69 Å². The molecule has 0 aliphatic carbocycles. The van der Waals surface area contributed by atoms with E-state index in [1.807, 2.05) is 0 Å². The van der Waals surface area contributed by atoms with E-state index in [-0.39, 0.29) is 22.9 Å². The smallest absolute Gasteiger partial charge is 0.189 e. The summed E-state index contributed by atoms with van der Waals surface area (Å²) >= 11 is 0. The molecule has 2 aromatic rings. The van der Waals surface area contributed by atoms with Crippen LogP contribution in [0.3, 0.4) is 0 Å². The fourth-order valence-electron chi connectivity index (χ4n) is 3.59. The molecule has 6 heteroatoms. The number of allylic oxidation sites excluding steroid dienone is 1. The lowest BCUT2D eigenvalue weighted by atomic mass is 10.0. The summed E-state index contributed by atoms with van der Waals surface area (Å²) in [6.45, 7) is 5.57. The Morgan fingerprint density at radius 2 is 2.10 bits per heavy atom. The molecule has 0 spiro atoms. The van der Waals surface area contributed by atoms with E-state index in [1.54, 1.807) is 31.4 Å². The van der Waals surface area contributed by atoms with Crippen LogP contribution in [-0.2, 0) is 6.54 Å². The van der Waals surface area contributed by atoms with Gasteiger partial charge in [0, 0.05) is 43.9 Å². The van der Waals surface area contributed by atoms with Gasteiger partial charge in [0.05, 0.1) is 12.7 Å². The van der Waals surface area contributed by atoms with Gasteiger partial charge in [0.15, 0.2) is 5.78 Å². The quantitative estimate of drug-likeness (QED) is 0.551. The van der Waals surface area contributed by atoms with Gasteiger partial charge in [-0.15, -0.1) is 0 Å². The van der Waals surface area contributed by atoms with Crippen molar-refractivity contribution < 1.29 is 19.0 Å². The number of carbonyl (C=O) groups is 1. The van der Waals surface area contributed by atoms with Crippen molar-refractivity contribution >= 4 is 11.9 Å². The Hall–Kier alpha value is -2.70. The highest BCUT2D eigenvalue weighted by molar-refractivity contribution is 6.08. The molecule has 1 fully saturated rings. The van der Waals surface area contributed by atoms with E-state index in [4.69, 9.17) is 4.74 Å². The molecule has 1 aliphatic heterocycles. The monoisotopic (exact) mass is 398 g/mol. The second-order valence-corrected chi connectivity index (χ2v) is 7.17. The zero-order chi connectivity index (χ0) is 20.8. The number of hydrogen-bond donors (Lipinski definition) is 2. The number of aromatic hydroxyl groups is 1. The Labute approximate surface area is 170 Å². The van der Waals surface area contributed by atoms with Crippen LogP contribution in [0.1, 0.15) is 34.8 Å². The van der Waals surface area contributed by atoms with Crippen LogP contribution in [0.5, 0.6) is 11.5 Å². The number of halogens is 1. The lowest BCUT2D eigenvalue weighted by molar-refractivity contribution is 0.104. The van der Waals surface area contributed by atoms with Crippen LogP contribution in [0.2, 0.25) is 0 Å². The van der Waals surface area contributed by atoms with Gasteiger partial charge in [-0.2, -0.15) is 0 Å². The Morgan fingerprint density at radius 1 is 1.34 bits per heavy atom. The maximum absolute atomic E-state index is 13.0. The molecule has 1 heterocycles. The lowest BCUT2D eigenvalue weighted by Crippen LogP contribution is -2.50. The minimum absolute atomic E-state index is 0.119.